The number of carbonyl (C=O) groups is 1. The monoisotopic (exact) mass is 266 g/mol. The first-order valence-electron chi connectivity index (χ1n) is 5.41. The second-order valence-corrected chi connectivity index (χ2v) is 4.73. The molecule has 1 aromatic rings. The first kappa shape index (κ1) is 14.5. The van der Waals surface area contributed by atoms with Gasteiger partial charge in [0.15, 0.2) is 0 Å². The molecule has 1 heterocycles. The summed E-state index contributed by atoms with van der Waals surface area (Å²) < 4.78 is 4.75. The zero-order valence-electron chi connectivity index (χ0n) is 10.5. The Labute approximate surface area is 117 Å². The smallest absolute Gasteiger partial charge is 0.362 e. The van der Waals surface area contributed by atoms with E-state index in [1.165, 1.54) is 11.3 Å². The van der Waals surface area contributed by atoms with Gasteiger partial charge in [-0.1, -0.05) is 13.8 Å². The van der Waals surface area contributed by atoms with E-state index in [0.717, 1.165) is 4.88 Å². The van der Waals surface area contributed by atoms with Crippen LogP contribution in [0.15, 0.2) is 12.1 Å². The fraction of sp³-hybridized carbons (Fsp3) is 0.188. The predicted molar refractivity (Wildman–Crippen MR) is 76.0 cm³/mol. The minimum absolute atomic E-state index is 0.387. The van der Waals surface area contributed by atoms with E-state index in [9.17, 15) is 4.79 Å². The second-order valence-electron chi connectivity index (χ2n) is 3.62. The van der Waals surface area contributed by atoms with Crippen molar-refractivity contribution in [3.05, 3.63) is 21.9 Å². The Morgan fingerprint density at radius 3 is 2.53 bits per heavy atom. The molecule has 0 saturated carbocycles. The molecule has 2 nitrogen and oxygen atoms in total. The molecule has 0 atom stereocenters. The maximum absolute atomic E-state index is 11.6. The van der Waals surface area contributed by atoms with Crippen LogP contribution in [-0.2, 0) is 4.74 Å². The van der Waals surface area contributed by atoms with Crippen LogP contribution >= 0.6 is 11.3 Å². The highest BCUT2D eigenvalue weighted by molar-refractivity contribution is 7.14. The summed E-state index contributed by atoms with van der Waals surface area (Å²) >= 11 is 1.40. The maximum Gasteiger partial charge on any atom is 0.362 e. The fourth-order valence-electron chi connectivity index (χ4n) is 1.05. The number of ether oxygens (including phenoxy) is 1. The van der Waals surface area contributed by atoms with E-state index in [1.54, 1.807) is 6.07 Å². The van der Waals surface area contributed by atoms with Crippen LogP contribution in [0, 0.1) is 48.1 Å². The zero-order chi connectivity index (χ0) is 14.1. The molecule has 0 saturated heterocycles. The van der Waals surface area contributed by atoms with E-state index in [1.807, 2.05) is 6.07 Å². The summed E-state index contributed by atoms with van der Waals surface area (Å²) in [5, 5.41) is 0. The highest BCUT2D eigenvalue weighted by atomic mass is 32.1. The van der Waals surface area contributed by atoms with Crippen molar-refractivity contribution in [2.75, 3.05) is 0 Å². The SMILES string of the molecule is C#CC#CC#CC#COC(=O)c1ccc(C(C)C)s1. The van der Waals surface area contributed by atoms with Crippen molar-refractivity contribution in [1.82, 2.24) is 0 Å². The fourth-order valence-corrected chi connectivity index (χ4v) is 1.94. The summed E-state index contributed by atoms with van der Waals surface area (Å²) in [6, 6.07) is 3.64. The molecule has 1 rings (SSSR count). The van der Waals surface area contributed by atoms with Crippen LogP contribution in [0.4, 0.5) is 0 Å². The van der Waals surface area contributed by atoms with Crippen molar-refractivity contribution in [1.29, 1.82) is 0 Å². The molecule has 0 fully saturated rings. The number of thiophene rings is 1. The molecule has 92 valence electrons. The van der Waals surface area contributed by atoms with Crippen molar-refractivity contribution in [3.63, 3.8) is 0 Å². The number of carbonyl (C=O) groups excluding carboxylic acids is 1. The summed E-state index contributed by atoms with van der Waals surface area (Å²) in [5.41, 5.74) is 0. The number of hydrogen-bond acceptors (Lipinski definition) is 3. The van der Waals surface area contributed by atoms with Crippen LogP contribution in [-0.4, -0.2) is 5.97 Å². The molecular weight excluding hydrogens is 256 g/mol. The normalized spacial score (nSPS) is 7.89. The molecule has 0 aliphatic rings. The van der Waals surface area contributed by atoms with Crippen molar-refractivity contribution < 1.29 is 9.53 Å². The van der Waals surface area contributed by atoms with Gasteiger partial charge in [0, 0.05) is 22.6 Å². The van der Waals surface area contributed by atoms with Gasteiger partial charge >= 0.3 is 5.97 Å². The van der Waals surface area contributed by atoms with Gasteiger partial charge in [0.2, 0.25) is 0 Å². The third-order valence-corrected chi connectivity index (χ3v) is 3.28. The molecule has 0 bridgehead atoms. The first-order chi connectivity index (χ1) is 9.15. The van der Waals surface area contributed by atoms with Crippen LogP contribution in [0.3, 0.4) is 0 Å². The average molecular weight is 266 g/mol. The zero-order valence-corrected chi connectivity index (χ0v) is 11.4. The Balaban J connectivity index is 2.58. The summed E-state index contributed by atoms with van der Waals surface area (Å²) in [5.74, 6) is 13.9. The van der Waals surface area contributed by atoms with E-state index in [0.29, 0.717) is 10.8 Å². The maximum atomic E-state index is 11.6. The Kier molecular flexibility index (Phi) is 5.85. The van der Waals surface area contributed by atoms with Gasteiger partial charge < -0.3 is 4.74 Å². The molecule has 3 heteroatoms. The van der Waals surface area contributed by atoms with Gasteiger partial charge in [0.1, 0.15) is 11.0 Å². The van der Waals surface area contributed by atoms with Crippen molar-refractivity contribution in [2.45, 2.75) is 19.8 Å². The van der Waals surface area contributed by atoms with E-state index < -0.39 is 5.97 Å². The molecule has 0 N–H and O–H groups in total. The van der Waals surface area contributed by atoms with Gasteiger partial charge in [-0.3, -0.25) is 0 Å². The third-order valence-electron chi connectivity index (χ3n) is 1.91. The quantitative estimate of drug-likeness (QED) is 0.607. The molecule has 19 heavy (non-hydrogen) atoms. The van der Waals surface area contributed by atoms with Crippen molar-refractivity contribution in [2.24, 2.45) is 0 Å². The van der Waals surface area contributed by atoms with Gasteiger partial charge in [-0.2, -0.15) is 0 Å². The number of hydrogen-bond donors (Lipinski definition) is 0. The largest absolute Gasteiger partial charge is 0.367 e. The van der Waals surface area contributed by atoms with Crippen LogP contribution in [0.2, 0.25) is 0 Å². The van der Waals surface area contributed by atoms with Crippen molar-refractivity contribution in [3.8, 4) is 48.1 Å². The lowest BCUT2D eigenvalue weighted by atomic mass is 10.2. The van der Waals surface area contributed by atoms with Crippen LogP contribution < -0.4 is 0 Å². The highest BCUT2D eigenvalue weighted by Crippen LogP contribution is 2.24. The Hall–Kier alpha value is -2.59. The first-order valence-corrected chi connectivity index (χ1v) is 6.23. The number of esters is 1. The van der Waals surface area contributed by atoms with Gasteiger partial charge in [0.25, 0.3) is 0 Å². The lowest BCUT2D eigenvalue weighted by molar-refractivity contribution is 0.0696. The summed E-state index contributed by atoms with van der Waals surface area (Å²) in [6.45, 7) is 4.13. The van der Waals surface area contributed by atoms with Crippen molar-refractivity contribution >= 4 is 17.3 Å². The Bertz CT molecular complexity index is 683. The van der Waals surface area contributed by atoms with E-state index >= 15 is 0 Å². The van der Waals surface area contributed by atoms with Gasteiger partial charge in [-0.05, 0) is 35.8 Å². The molecule has 0 radical (unpaired) electrons. The van der Waals surface area contributed by atoms with Crippen LogP contribution in [0.25, 0.3) is 0 Å². The average Bonchev–Trinajstić information content (AvgIpc) is 2.87. The Morgan fingerprint density at radius 2 is 1.89 bits per heavy atom. The molecule has 0 amide bonds. The molecule has 0 spiro atoms. The van der Waals surface area contributed by atoms with Gasteiger partial charge in [-0.25, -0.2) is 4.79 Å². The topological polar surface area (TPSA) is 26.3 Å². The number of rotatable bonds is 2. The number of terminal acetylenes is 1. The molecule has 0 aliphatic heterocycles. The second kappa shape index (κ2) is 7.68. The van der Waals surface area contributed by atoms with Crippen LogP contribution in [0.5, 0.6) is 0 Å². The summed E-state index contributed by atoms with van der Waals surface area (Å²) in [7, 11) is 0. The highest BCUT2D eigenvalue weighted by Gasteiger charge is 2.11. The molecule has 0 aromatic carbocycles. The molecule has 1 aromatic heterocycles. The summed E-state index contributed by atoms with van der Waals surface area (Å²) in [4.78, 5) is 13.3. The minimum Gasteiger partial charge on any atom is -0.367 e. The third kappa shape index (κ3) is 5.06. The minimum atomic E-state index is -0.471. The van der Waals surface area contributed by atoms with E-state index in [2.05, 4.69) is 55.5 Å². The predicted octanol–water partition coefficient (Wildman–Crippen LogP) is 2.63. The summed E-state index contributed by atoms with van der Waals surface area (Å²) in [6.07, 6.45) is 7.11. The standard InChI is InChI=1S/C16H10O2S/c1-4-5-6-7-8-9-12-18-16(17)15-11-10-14(19-15)13(2)3/h1,10-11,13H,2-3H3. The van der Waals surface area contributed by atoms with E-state index in [4.69, 9.17) is 11.2 Å². The lowest BCUT2D eigenvalue weighted by Crippen LogP contribution is -1.96. The Morgan fingerprint density at radius 1 is 1.21 bits per heavy atom. The molecular formula is C16H10O2S. The molecule has 0 aliphatic carbocycles. The van der Waals surface area contributed by atoms with Gasteiger partial charge in [0.05, 0.1) is 0 Å². The van der Waals surface area contributed by atoms with Gasteiger partial charge in [-0.15, -0.1) is 17.8 Å². The van der Waals surface area contributed by atoms with E-state index in [-0.39, 0.29) is 0 Å². The van der Waals surface area contributed by atoms with Crippen LogP contribution in [0.1, 0.15) is 34.3 Å². The molecule has 0 unspecified atom stereocenters. The lowest BCUT2D eigenvalue weighted by Gasteiger charge is -1.97.